The van der Waals surface area contributed by atoms with Crippen LogP contribution in [0, 0.1) is 0 Å². The van der Waals surface area contributed by atoms with E-state index in [2.05, 4.69) is 15.3 Å². The zero-order valence-corrected chi connectivity index (χ0v) is 25.4. The molecule has 2 heterocycles. The van der Waals surface area contributed by atoms with Crippen LogP contribution in [0.25, 0.3) is 0 Å². The smallest absolute Gasteiger partial charge is 0.269 e. The van der Waals surface area contributed by atoms with Gasteiger partial charge in [-0.15, -0.1) is 0 Å². The first-order valence-electron chi connectivity index (χ1n) is 14.1. The largest absolute Gasteiger partial charge is 0.494 e. The van der Waals surface area contributed by atoms with Gasteiger partial charge in [-0.25, -0.2) is 8.42 Å². The highest BCUT2D eigenvalue weighted by Gasteiger charge is 2.28. The van der Waals surface area contributed by atoms with Gasteiger partial charge in [0.15, 0.2) is 0 Å². The molecule has 2 aromatic carbocycles. The molecule has 42 heavy (non-hydrogen) atoms. The summed E-state index contributed by atoms with van der Waals surface area (Å²) in [5.74, 6) is 0.884. The second-order valence-electron chi connectivity index (χ2n) is 11.0. The van der Waals surface area contributed by atoms with E-state index < -0.39 is 10.0 Å². The molecule has 2 amide bonds. The molecule has 2 fully saturated rings. The van der Waals surface area contributed by atoms with E-state index in [1.165, 1.54) is 10.6 Å². The number of methoxy groups -OCH3 is 1. The monoisotopic (exact) mass is 594 g/mol. The summed E-state index contributed by atoms with van der Waals surface area (Å²) in [6.45, 7) is 2.24. The molecule has 0 atom stereocenters. The lowest BCUT2D eigenvalue weighted by molar-refractivity contribution is 0.0698. The maximum Gasteiger partial charge on any atom is 0.269 e. The van der Waals surface area contributed by atoms with Crippen molar-refractivity contribution in [2.45, 2.75) is 31.8 Å². The molecule has 0 spiro atoms. The number of piperazine rings is 1. The Balaban J connectivity index is 1.20. The van der Waals surface area contributed by atoms with Crippen LogP contribution in [0.5, 0.6) is 5.75 Å². The molecule has 3 aromatic rings. The summed E-state index contributed by atoms with van der Waals surface area (Å²) in [5.41, 5.74) is 4.85. The van der Waals surface area contributed by atoms with Crippen molar-refractivity contribution < 1.29 is 22.7 Å². The average Bonchev–Trinajstić information content (AvgIpc) is 3.76. The number of aromatic nitrogens is 2. The number of anilines is 1. The maximum absolute atomic E-state index is 13.0. The van der Waals surface area contributed by atoms with E-state index in [0.29, 0.717) is 62.2 Å². The van der Waals surface area contributed by atoms with Crippen LogP contribution >= 0.6 is 0 Å². The standard InChI is InChI=1S/C30H38N6O5S/c1-33(20-21-8-10-23(11-9-21)30(38)35-14-16-36(17-15-35)42(4,39)40)26-7-5-6-24(28(26)41-3)19-31-29(37)27-18-25(22-12-13-22)32-34(27)2/h5-11,18,22H,12-17,19-20H2,1-4H3,(H,31,37). The van der Waals surface area contributed by atoms with Gasteiger partial charge in [-0.05, 0) is 42.7 Å². The molecule has 11 nitrogen and oxygen atoms in total. The molecule has 12 heteroatoms. The van der Waals surface area contributed by atoms with Crippen molar-refractivity contribution >= 4 is 27.5 Å². The van der Waals surface area contributed by atoms with Gasteiger partial charge in [0.2, 0.25) is 10.0 Å². The fourth-order valence-electron chi connectivity index (χ4n) is 5.31. The van der Waals surface area contributed by atoms with E-state index in [1.54, 1.807) is 23.7 Å². The highest BCUT2D eigenvalue weighted by molar-refractivity contribution is 7.88. The zero-order valence-electron chi connectivity index (χ0n) is 24.5. The number of amides is 2. The number of carbonyl (C=O) groups is 2. The number of benzene rings is 2. The molecule has 0 bridgehead atoms. The summed E-state index contributed by atoms with van der Waals surface area (Å²) in [7, 11) is 2.14. The molecule has 1 N–H and O–H groups in total. The SMILES string of the molecule is COc1c(CNC(=O)c2cc(C3CC3)nn2C)cccc1N(C)Cc1ccc(C(=O)N2CCN(S(C)(=O)=O)CC2)cc1. The Kier molecular flexibility index (Phi) is 8.55. The molecule has 1 aromatic heterocycles. The Hall–Kier alpha value is -3.90. The van der Waals surface area contributed by atoms with Crippen molar-refractivity contribution in [3.05, 3.63) is 76.6 Å². The Morgan fingerprint density at radius 1 is 1.07 bits per heavy atom. The van der Waals surface area contributed by atoms with Gasteiger partial charge in [0.1, 0.15) is 11.4 Å². The molecule has 2 aliphatic rings. The van der Waals surface area contributed by atoms with Crippen LogP contribution in [0.2, 0.25) is 0 Å². The van der Waals surface area contributed by atoms with E-state index in [4.69, 9.17) is 4.74 Å². The summed E-state index contributed by atoms with van der Waals surface area (Å²) in [6.07, 6.45) is 3.45. The summed E-state index contributed by atoms with van der Waals surface area (Å²) >= 11 is 0. The number of hydrogen-bond donors (Lipinski definition) is 1. The summed E-state index contributed by atoms with van der Waals surface area (Å²) in [4.78, 5) is 29.6. The van der Waals surface area contributed by atoms with Crippen LogP contribution in [-0.4, -0.2) is 85.8 Å². The lowest BCUT2D eigenvalue weighted by Crippen LogP contribution is -2.50. The van der Waals surface area contributed by atoms with Gasteiger partial charge >= 0.3 is 0 Å². The predicted octanol–water partition coefficient (Wildman–Crippen LogP) is 2.59. The lowest BCUT2D eigenvalue weighted by Gasteiger charge is -2.33. The minimum absolute atomic E-state index is 0.102. The van der Waals surface area contributed by atoms with Gasteiger partial charge < -0.3 is 19.9 Å². The van der Waals surface area contributed by atoms with Crippen molar-refractivity contribution in [1.82, 2.24) is 24.3 Å². The Morgan fingerprint density at radius 2 is 1.76 bits per heavy atom. The van der Waals surface area contributed by atoms with Crippen LogP contribution in [0.15, 0.2) is 48.5 Å². The first kappa shape index (κ1) is 29.6. The molecule has 0 unspecified atom stereocenters. The molecule has 1 aliphatic carbocycles. The van der Waals surface area contributed by atoms with Crippen molar-refractivity contribution in [3.63, 3.8) is 0 Å². The van der Waals surface area contributed by atoms with Crippen LogP contribution in [0.1, 0.15) is 56.4 Å². The van der Waals surface area contributed by atoms with Gasteiger partial charge in [0.25, 0.3) is 11.8 Å². The molecule has 1 aliphatic heterocycles. The van der Waals surface area contributed by atoms with E-state index >= 15 is 0 Å². The number of nitrogens with zero attached hydrogens (tertiary/aromatic N) is 5. The third-order valence-electron chi connectivity index (χ3n) is 7.87. The number of nitrogens with one attached hydrogen (secondary N) is 1. The Labute approximate surface area is 247 Å². The maximum atomic E-state index is 13.0. The van der Waals surface area contributed by atoms with Crippen LogP contribution in [0.3, 0.4) is 0 Å². The second-order valence-corrected chi connectivity index (χ2v) is 13.0. The molecule has 1 saturated carbocycles. The summed E-state index contributed by atoms with van der Waals surface area (Å²) in [6, 6.07) is 15.2. The minimum Gasteiger partial charge on any atom is -0.494 e. The molecule has 224 valence electrons. The third kappa shape index (κ3) is 6.60. The number of hydrogen-bond acceptors (Lipinski definition) is 7. The molecule has 1 saturated heterocycles. The Morgan fingerprint density at radius 3 is 2.38 bits per heavy atom. The number of ether oxygens (including phenoxy) is 1. The zero-order chi connectivity index (χ0) is 30.0. The number of para-hydroxylation sites is 1. The van der Waals surface area contributed by atoms with Crippen molar-refractivity contribution in [3.8, 4) is 5.75 Å². The summed E-state index contributed by atoms with van der Waals surface area (Å²) in [5, 5.41) is 7.50. The fourth-order valence-corrected chi connectivity index (χ4v) is 6.14. The minimum atomic E-state index is -3.25. The van der Waals surface area contributed by atoms with E-state index in [0.717, 1.165) is 35.3 Å². The number of carbonyl (C=O) groups excluding carboxylic acids is 2. The molecular weight excluding hydrogens is 556 g/mol. The number of rotatable bonds is 10. The topological polar surface area (TPSA) is 117 Å². The van der Waals surface area contributed by atoms with Crippen molar-refractivity contribution in [2.75, 3.05) is 51.5 Å². The fraction of sp³-hybridized carbons (Fsp3) is 0.433. The quantitative estimate of drug-likeness (QED) is 0.384. The van der Waals surface area contributed by atoms with Gasteiger partial charge in [-0.3, -0.25) is 14.3 Å². The van der Waals surface area contributed by atoms with Crippen LogP contribution in [0.4, 0.5) is 5.69 Å². The number of aryl methyl sites for hydroxylation is 1. The highest BCUT2D eigenvalue weighted by Crippen LogP contribution is 2.39. The molecule has 5 rings (SSSR count). The van der Waals surface area contributed by atoms with E-state index in [9.17, 15) is 18.0 Å². The van der Waals surface area contributed by atoms with Gasteiger partial charge in [0, 0.05) is 70.4 Å². The normalized spacial score (nSPS) is 15.9. The first-order valence-corrected chi connectivity index (χ1v) is 15.9. The molecular formula is C30H38N6O5S. The third-order valence-corrected chi connectivity index (χ3v) is 9.18. The van der Waals surface area contributed by atoms with Gasteiger partial charge in [-0.1, -0.05) is 24.3 Å². The van der Waals surface area contributed by atoms with Gasteiger partial charge in [-0.2, -0.15) is 9.40 Å². The van der Waals surface area contributed by atoms with Crippen LogP contribution in [-0.2, 0) is 30.2 Å². The Bertz CT molecular complexity index is 1560. The van der Waals surface area contributed by atoms with E-state index in [-0.39, 0.29) is 11.8 Å². The van der Waals surface area contributed by atoms with Crippen LogP contribution < -0.4 is 15.0 Å². The highest BCUT2D eigenvalue weighted by atomic mass is 32.2. The average molecular weight is 595 g/mol. The van der Waals surface area contributed by atoms with Crippen molar-refractivity contribution in [1.29, 1.82) is 0 Å². The van der Waals surface area contributed by atoms with E-state index in [1.807, 2.05) is 55.6 Å². The second kappa shape index (κ2) is 12.1. The lowest BCUT2D eigenvalue weighted by atomic mass is 10.1. The summed E-state index contributed by atoms with van der Waals surface area (Å²) < 4.78 is 32.3. The first-order chi connectivity index (χ1) is 20.0. The van der Waals surface area contributed by atoms with Crippen molar-refractivity contribution in [2.24, 2.45) is 7.05 Å². The number of sulfonamides is 1. The van der Waals surface area contributed by atoms with Gasteiger partial charge in [0.05, 0.1) is 24.7 Å². The predicted molar refractivity (Wildman–Crippen MR) is 160 cm³/mol. The molecule has 0 radical (unpaired) electrons.